The highest BCUT2D eigenvalue weighted by Crippen LogP contribution is 2.42. The van der Waals surface area contributed by atoms with Gasteiger partial charge in [0.2, 0.25) is 5.91 Å². The van der Waals surface area contributed by atoms with E-state index in [1.54, 1.807) is 45.0 Å². The van der Waals surface area contributed by atoms with E-state index in [0.717, 1.165) is 41.7 Å². The van der Waals surface area contributed by atoms with Crippen LogP contribution in [-0.2, 0) is 33.5 Å². The van der Waals surface area contributed by atoms with E-state index >= 15 is 0 Å². The fourth-order valence-corrected chi connectivity index (χ4v) is 5.87. The molecule has 2 aromatic rings. The highest BCUT2D eigenvalue weighted by molar-refractivity contribution is 5.98. The first-order valence-electron chi connectivity index (χ1n) is 14.5. The van der Waals surface area contributed by atoms with E-state index in [2.05, 4.69) is 0 Å². The number of halogens is 3. The molecule has 1 heterocycles. The largest absolute Gasteiger partial charge is 0.489 e. The van der Waals surface area contributed by atoms with Crippen molar-refractivity contribution >= 4 is 23.7 Å². The van der Waals surface area contributed by atoms with Crippen LogP contribution in [0.25, 0.3) is 0 Å². The zero-order valence-electron chi connectivity index (χ0n) is 25.2. The minimum Gasteiger partial charge on any atom is -0.489 e. The average molecular weight is 605 g/mol. The normalized spacial score (nSPS) is 16.1. The van der Waals surface area contributed by atoms with Crippen molar-refractivity contribution in [3.63, 3.8) is 0 Å². The number of carbonyl (C=O) groups excluding carboxylic acids is 2. The molecule has 1 N–H and O–H groups in total. The molecule has 2 aliphatic rings. The van der Waals surface area contributed by atoms with Gasteiger partial charge in [-0.1, -0.05) is 25.0 Å². The van der Waals surface area contributed by atoms with Crippen molar-refractivity contribution in [3.05, 3.63) is 58.1 Å². The summed E-state index contributed by atoms with van der Waals surface area (Å²) in [5, 5.41) is 9.74. The van der Waals surface area contributed by atoms with E-state index in [9.17, 15) is 32.7 Å². The second-order valence-electron chi connectivity index (χ2n) is 12.3. The predicted octanol–water partition coefficient (Wildman–Crippen LogP) is 6.85. The van der Waals surface area contributed by atoms with Gasteiger partial charge in [-0.2, -0.15) is 13.2 Å². The van der Waals surface area contributed by atoms with Crippen LogP contribution in [-0.4, -0.2) is 53.2 Å². The Balaban J connectivity index is 1.46. The summed E-state index contributed by atoms with van der Waals surface area (Å²) >= 11 is 0. The minimum absolute atomic E-state index is 0.0480. The number of alkyl halides is 3. The summed E-state index contributed by atoms with van der Waals surface area (Å²) in [5.74, 6) is -1.36. The molecule has 2 amide bonds. The second-order valence-corrected chi connectivity index (χ2v) is 12.3. The van der Waals surface area contributed by atoms with Gasteiger partial charge in [0.05, 0.1) is 12.0 Å². The molecule has 11 heteroatoms. The Morgan fingerprint density at radius 2 is 1.77 bits per heavy atom. The molecule has 0 bridgehead atoms. The summed E-state index contributed by atoms with van der Waals surface area (Å²) in [6, 6.07) is 6.40. The molecule has 43 heavy (non-hydrogen) atoms. The van der Waals surface area contributed by atoms with Crippen molar-refractivity contribution in [2.75, 3.05) is 18.5 Å². The summed E-state index contributed by atoms with van der Waals surface area (Å²) in [5.41, 5.74) is 1.55. The van der Waals surface area contributed by atoms with E-state index in [0.29, 0.717) is 35.5 Å². The standard InChI is InChI=1S/C32H39F3N2O6/c1-19-22-14-15-37(28(38)17-26(29(39)40)36(5)30(41)43-31(2,3)4)25(22)12-13-27(19)42-18-20-10-11-23(21-8-6-7-9-21)24(16-20)32(33,34)35/h10-13,16,21,26H,6-9,14-15,17-18H2,1-5H3,(H,39,40)/t26-/m1/s1. The number of rotatable bonds is 8. The smallest absolute Gasteiger partial charge is 0.416 e. The number of hydrogen-bond donors (Lipinski definition) is 1. The van der Waals surface area contributed by atoms with Crippen LogP contribution in [0.1, 0.15) is 86.6 Å². The van der Waals surface area contributed by atoms with Crippen LogP contribution >= 0.6 is 0 Å². The first kappa shape index (κ1) is 32.2. The number of hydrogen-bond acceptors (Lipinski definition) is 5. The molecule has 1 aliphatic heterocycles. The lowest BCUT2D eigenvalue weighted by Gasteiger charge is -2.29. The summed E-state index contributed by atoms with van der Waals surface area (Å²) in [6.07, 6.45) is -1.82. The lowest BCUT2D eigenvalue weighted by molar-refractivity contribution is -0.144. The first-order chi connectivity index (χ1) is 20.1. The molecule has 234 valence electrons. The van der Waals surface area contributed by atoms with Gasteiger partial charge in [-0.25, -0.2) is 9.59 Å². The maximum atomic E-state index is 13.9. The number of nitrogens with zero attached hydrogens (tertiary/aromatic N) is 2. The molecule has 1 fully saturated rings. The number of ether oxygens (including phenoxy) is 2. The van der Waals surface area contributed by atoms with Gasteiger partial charge in [-0.05, 0) is 93.3 Å². The number of fused-ring (bicyclic) bond motifs is 1. The van der Waals surface area contributed by atoms with E-state index in [1.165, 1.54) is 18.0 Å². The lowest BCUT2D eigenvalue weighted by atomic mass is 9.91. The van der Waals surface area contributed by atoms with Crippen LogP contribution in [0.4, 0.5) is 23.7 Å². The van der Waals surface area contributed by atoms with Gasteiger partial charge in [0.1, 0.15) is 24.0 Å². The number of amides is 2. The third kappa shape index (κ3) is 7.43. The fourth-order valence-electron chi connectivity index (χ4n) is 5.87. The van der Waals surface area contributed by atoms with E-state index < -0.39 is 47.8 Å². The van der Waals surface area contributed by atoms with E-state index in [1.807, 2.05) is 6.92 Å². The maximum Gasteiger partial charge on any atom is 0.416 e. The minimum atomic E-state index is -4.45. The van der Waals surface area contributed by atoms with E-state index in [-0.39, 0.29) is 12.5 Å². The summed E-state index contributed by atoms with van der Waals surface area (Å²) < 4.78 is 52.9. The SMILES string of the molecule is Cc1c(OCc2ccc(C3CCCC3)c(C(F)(F)F)c2)ccc2c1CCN2C(=O)C[C@H](C(=O)O)N(C)C(=O)OC(C)(C)C. The highest BCUT2D eigenvalue weighted by atomic mass is 19.4. The third-order valence-corrected chi connectivity index (χ3v) is 8.12. The third-order valence-electron chi connectivity index (χ3n) is 8.12. The molecule has 0 aromatic heterocycles. The molecule has 1 aliphatic carbocycles. The van der Waals surface area contributed by atoms with Crippen LogP contribution in [0.2, 0.25) is 0 Å². The monoisotopic (exact) mass is 604 g/mol. The number of carboxylic acid groups (broad SMARTS) is 1. The van der Waals surface area contributed by atoms with Gasteiger partial charge in [-0.15, -0.1) is 0 Å². The fraction of sp³-hybridized carbons (Fsp3) is 0.531. The van der Waals surface area contributed by atoms with Gasteiger partial charge < -0.3 is 19.5 Å². The Kier molecular flexibility index (Phi) is 9.32. The molecule has 0 saturated heterocycles. The highest BCUT2D eigenvalue weighted by Gasteiger charge is 2.37. The summed E-state index contributed by atoms with van der Waals surface area (Å²) in [6.45, 7) is 7.07. The molecular formula is C32H39F3N2O6. The molecule has 1 atom stereocenters. The molecule has 0 unspecified atom stereocenters. The van der Waals surface area contributed by atoms with Crippen LogP contribution in [0.3, 0.4) is 0 Å². The number of carbonyl (C=O) groups is 3. The van der Waals surface area contributed by atoms with Crippen molar-refractivity contribution in [1.82, 2.24) is 4.90 Å². The summed E-state index contributed by atoms with van der Waals surface area (Å²) in [4.78, 5) is 40.0. The van der Waals surface area contributed by atoms with Crippen LogP contribution < -0.4 is 9.64 Å². The number of likely N-dealkylation sites (N-methyl/N-ethyl adjacent to an activating group) is 1. The van der Waals surface area contributed by atoms with Gasteiger partial charge in [0.25, 0.3) is 0 Å². The Bertz CT molecular complexity index is 1380. The zero-order valence-corrected chi connectivity index (χ0v) is 25.2. The molecule has 8 nitrogen and oxygen atoms in total. The number of benzene rings is 2. The van der Waals surface area contributed by atoms with E-state index in [4.69, 9.17) is 9.47 Å². The Morgan fingerprint density at radius 1 is 1.09 bits per heavy atom. The maximum absolute atomic E-state index is 13.9. The summed E-state index contributed by atoms with van der Waals surface area (Å²) in [7, 11) is 1.28. The van der Waals surface area contributed by atoms with Crippen molar-refractivity contribution in [2.45, 2.75) is 96.6 Å². The lowest BCUT2D eigenvalue weighted by Crippen LogP contribution is -2.47. The molecule has 0 radical (unpaired) electrons. The Morgan fingerprint density at radius 3 is 2.37 bits per heavy atom. The Hall–Kier alpha value is -3.76. The topological polar surface area (TPSA) is 96.4 Å². The van der Waals surface area contributed by atoms with Gasteiger partial charge in [0, 0.05) is 19.3 Å². The van der Waals surface area contributed by atoms with Crippen LogP contribution in [0, 0.1) is 6.92 Å². The van der Waals surface area contributed by atoms with Crippen molar-refractivity contribution in [2.24, 2.45) is 0 Å². The van der Waals surface area contributed by atoms with Crippen LogP contribution in [0.15, 0.2) is 30.3 Å². The number of carboxylic acids is 1. The van der Waals surface area contributed by atoms with Gasteiger partial charge >= 0.3 is 18.2 Å². The molecule has 4 rings (SSSR count). The molecule has 0 spiro atoms. The van der Waals surface area contributed by atoms with Crippen molar-refractivity contribution in [1.29, 1.82) is 0 Å². The van der Waals surface area contributed by atoms with Crippen molar-refractivity contribution < 1.29 is 42.1 Å². The predicted molar refractivity (Wildman–Crippen MR) is 154 cm³/mol. The zero-order chi connectivity index (χ0) is 31.7. The van der Waals surface area contributed by atoms with Gasteiger partial charge in [0.15, 0.2) is 0 Å². The number of aliphatic carboxylic acids is 1. The van der Waals surface area contributed by atoms with Crippen molar-refractivity contribution in [3.8, 4) is 5.75 Å². The Labute approximate surface area is 249 Å². The molecular weight excluding hydrogens is 565 g/mol. The molecule has 2 aromatic carbocycles. The van der Waals surface area contributed by atoms with Crippen LogP contribution in [0.5, 0.6) is 5.75 Å². The quantitative estimate of drug-likeness (QED) is 0.354. The average Bonchev–Trinajstić information content (AvgIpc) is 3.60. The van der Waals surface area contributed by atoms with Gasteiger partial charge in [-0.3, -0.25) is 9.69 Å². The molecule has 1 saturated carbocycles. The number of anilines is 1. The second kappa shape index (κ2) is 12.5. The first-order valence-corrected chi connectivity index (χ1v) is 14.5.